The van der Waals surface area contributed by atoms with E-state index < -0.39 is 17.9 Å². The smallest absolute Gasteiger partial charge is 0.290 e. The number of nitrogens with zero attached hydrogens (tertiary/aromatic N) is 3. The molecule has 34 heavy (non-hydrogen) atoms. The number of furan rings is 1. The van der Waals surface area contributed by atoms with E-state index in [1.165, 1.54) is 28.9 Å². The lowest BCUT2D eigenvalue weighted by Crippen LogP contribution is -2.45. The van der Waals surface area contributed by atoms with Crippen molar-refractivity contribution < 1.29 is 18.8 Å². The molecule has 0 N–H and O–H groups in total. The topological polar surface area (TPSA) is 83.7 Å². The summed E-state index contributed by atoms with van der Waals surface area (Å²) in [5.74, 6) is -1.16. The monoisotopic (exact) mass is 471 g/mol. The molecule has 4 aromatic rings. The Morgan fingerprint density at radius 1 is 1.24 bits per heavy atom. The summed E-state index contributed by atoms with van der Waals surface area (Å²) in [5.41, 5.74) is 3.47. The maximum atomic E-state index is 13.2. The molecular formula is C26H21N3O4S. The van der Waals surface area contributed by atoms with Crippen LogP contribution in [0.2, 0.25) is 0 Å². The number of hydrogen-bond acceptors (Lipinski definition) is 6. The molecular weight excluding hydrogens is 450 g/mol. The van der Waals surface area contributed by atoms with Crippen molar-refractivity contribution in [3.8, 4) is 10.6 Å². The molecule has 0 radical (unpaired) electrons. The molecule has 1 atom stereocenters. The van der Waals surface area contributed by atoms with Crippen LogP contribution in [-0.4, -0.2) is 40.2 Å². The molecule has 7 nitrogen and oxygen atoms in total. The van der Waals surface area contributed by atoms with E-state index >= 15 is 0 Å². The molecule has 1 unspecified atom stereocenters. The van der Waals surface area contributed by atoms with E-state index in [0.717, 1.165) is 25.7 Å². The van der Waals surface area contributed by atoms with Gasteiger partial charge >= 0.3 is 0 Å². The van der Waals surface area contributed by atoms with Gasteiger partial charge in [-0.3, -0.25) is 14.4 Å². The average Bonchev–Trinajstić information content (AvgIpc) is 3.56. The molecule has 8 heteroatoms. The summed E-state index contributed by atoms with van der Waals surface area (Å²) < 4.78 is 6.31. The third kappa shape index (κ3) is 3.82. The maximum Gasteiger partial charge on any atom is 0.290 e. The third-order valence-electron chi connectivity index (χ3n) is 5.73. The number of aryl methyl sites for hydroxylation is 1. The highest BCUT2D eigenvalue weighted by molar-refractivity contribution is 7.21. The fourth-order valence-electron chi connectivity index (χ4n) is 4.07. The minimum atomic E-state index is -0.921. The second kappa shape index (κ2) is 8.72. The third-order valence-corrected chi connectivity index (χ3v) is 6.80. The minimum absolute atomic E-state index is 0.0991. The Kier molecular flexibility index (Phi) is 5.59. The number of carbonyl (C=O) groups excluding carboxylic acids is 3. The molecule has 1 fully saturated rings. The van der Waals surface area contributed by atoms with Gasteiger partial charge in [-0.05, 0) is 61.0 Å². The van der Waals surface area contributed by atoms with Gasteiger partial charge in [-0.1, -0.05) is 12.1 Å². The summed E-state index contributed by atoms with van der Waals surface area (Å²) in [6.07, 6.45) is 2.81. The number of carbonyl (C=O) groups is 3. The molecule has 0 spiro atoms. The molecule has 0 bridgehead atoms. The van der Waals surface area contributed by atoms with E-state index in [9.17, 15) is 14.4 Å². The molecule has 1 saturated heterocycles. The maximum absolute atomic E-state index is 13.2. The van der Waals surface area contributed by atoms with E-state index in [2.05, 4.69) is 17.6 Å². The van der Waals surface area contributed by atoms with E-state index in [1.807, 2.05) is 31.2 Å². The lowest BCUT2D eigenvalue weighted by molar-refractivity contribution is -0.122. The van der Waals surface area contributed by atoms with Gasteiger partial charge in [0.05, 0.1) is 28.6 Å². The number of rotatable bonds is 6. The standard InChI is InChI=1S/C26H21N3O4S/c1-3-12-28(26(32)21-5-4-13-33-21)20-15-23(30)29(25(20)31)18-9-7-17(8-10-18)24-27-19-11-6-16(2)14-22(19)34-24/h3-11,13-14,20H,1,12,15H2,2H3. The second-order valence-corrected chi connectivity index (χ2v) is 9.08. The van der Waals surface area contributed by atoms with Gasteiger partial charge in [-0.15, -0.1) is 17.9 Å². The zero-order chi connectivity index (χ0) is 23.8. The van der Waals surface area contributed by atoms with Crippen molar-refractivity contribution in [3.63, 3.8) is 0 Å². The summed E-state index contributed by atoms with van der Waals surface area (Å²) in [5, 5.41) is 0.866. The van der Waals surface area contributed by atoms with E-state index in [1.54, 1.807) is 29.5 Å². The number of hydrogen-bond donors (Lipinski definition) is 0. The molecule has 0 saturated carbocycles. The lowest BCUT2D eigenvalue weighted by atomic mass is 10.2. The number of aromatic nitrogens is 1. The van der Waals surface area contributed by atoms with Crippen LogP contribution in [-0.2, 0) is 9.59 Å². The van der Waals surface area contributed by atoms with Crippen LogP contribution in [0.1, 0.15) is 22.5 Å². The second-order valence-electron chi connectivity index (χ2n) is 8.05. The lowest BCUT2D eigenvalue weighted by Gasteiger charge is -2.25. The predicted molar refractivity (Wildman–Crippen MR) is 131 cm³/mol. The van der Waals surface area contributed by atoms with Gasteiger partial charge in [-0.2, -0.15) is 0 Å². The SMILES string of the molecule is C=CCN(C(=O)c1ccco1)C1CC(=O)N(c2ccc(-c3nc4ccc(C)cc4s3)cc2)C1=O. The molecule has 5 rings (SSSR count). The molecule has 1 aliphatic heterocycles. The van der Waals surface area contributed by atoms with Crippen molar-refractivity contribution >= 4 is 45.0 Å². The van der Waals surface area contributed by atoms with Crippen LogP contribution < -0.4 is 4.90 Å². The van der Waals surface area contributed by atoms with Crippen molar-refractivity contribution in [3.05, 3.63) is 84.8 Å². The van der Waals surface area contributed by atoms with Gasteiger partial charge in [0.15, 0.2) is 5.76 Å². The number of anilines is 1. The number of benzene rings is 2. The van der Waals surface area contributed by atoms with Crippen molar-refractivity contribution in [2.45, 2.75) is 19.4 Å². The van der Waals surface area contributed by atoms with Crippen molar-refractivity contribution in [1.82, 2.24) is 9.88 Å². The van der Waals surface area contributed by atoms with Gasteiger partial charge in [0.2, 0.25) is 5.91 Å². The zero-order valence-corrected chi connectivity index (χ0v) is 19.2. The Morgan fingerprint density at radius 3 is 2.74 bits per heavy atom. The van der Waals surface area contributed by atoms with Crippen LogP contribution in [0.5, 0.6) is 0 Å². The highest BCUT2D eigenvalue weighted by atomic mass is 32.1. The van der Waals surface area contributed by atoms with Crippen molar-refractivity contribution in [2.24, 2.45) is 0 Å². The van der Waals surface area contributed by atoms with Gasteiger partial charge in [0, 0.05) is 12.1 Å². The Bertz CT molecular complexity index is 1410. The van der Waals surface area contributed by atoms with Crippen molar-refractivity contribution in [2.75, 3.05) is 11.4 Å². The zero-order valence-electron chi connectivity index (χ0n) is 18.4. The predicted octanol–water partition coefficient (Wildman–Crippen LogP) is 4.83. The van der Waals surface area contributed by atoms with E-state index in [-0.39, 0.29) is 24.6 Å². The molecule has 3 amide bonds. The highest BCUT2D eigenvalue weighted by Crippen LogP contribution is 2.33. The van der Waals surface area contributed by atoms with Gasteiger partial charge in [-0.25, -0.2) is 9.88 Å². The summed E-state index contributed by atoms with van der Waals surface area (Å²) in [6.45, 7) is 5.84. The van der Waals surface area contributed by atoms with Crippen LogP contribution in [0, 0.1) is 6.92 Å². The Balaban J connectivity index is 1.40. The van der Waals surface area contributed by atoms with E-state index in [4.69, 9.17) is 4.42 Å². The van der Waals surface area contributed by atoms with Gasteiger partial charge in [0.1, 0.15) is 11.0 Å². The quantitative estimate of drug-likeness (QED) is 0.297. The first kappa shape index (κ1) is 21.8. The number of thiazole rings is 1. The van der Waals surface area contributed by atoms with E-state index in [0.29, 0.717) is 5.69 Å². The average molecular weight is 472 g/mol. The Labute approximate surface area is 199 Å². The molecule has 0 aliphatic carbocycles. The largest absolute Gasteiger partial charge is 0.459 e. The number of amides is 3. The Morgan fingerprint density at radius 2 is 2.03 bits per heavy atom. The molecule has 170 valence electrons. The number of imide groups is 1. The summed E-state index contributed by atoms with van der Waals surface area (Å²) >= 11 is 1.59. The summed E-state index contributed by atoms with van der Waals surface area (Å²) in [6, 6.07) is 15.5. The van der Waals surface area contributed by atoms with Crippen LogP contribution in [0.25, 0.3) is 20.8 Å². The summed E-state index contributed by atoms with van der Waals surface area (Å²) in [4.78, 5) is 46.1. The first-order valence-electron chi connectivity index (χ1n) is 10.8. The summed E-state index contributed by atoms with van der Waals surface area (Å²) in [7, 11) is 0. The van der Waals surface area contributed by atoms with Crippen LogP contribution in [0.15, 0.2) is 77.9 Å². The normalized spacial score (nSPS) is 15.8. The van der Waals surface area contributed by atoms with Gasteiger partial charge < -0.3 is 9.32 Å². The fraction of sp³-hybridized carbons (Fsp3) is 0.154. The Hall–Kier alpha value is -4.04. The molecule has 1 aliphatic rings. The van der Waals surface area contributed by atoms with Gasteiger partial charge in [0.25, 0.3) is 11.8 Å². The first-order valence-corrected chi connectivity index (χ1v) is 11.6. The van der Waals surface area contributed by atoms with Crippen LogP contribution >= 0.6 is 11.3 Å². The number of fused-ring (bicyclic) bond motifs is 1. The fourth-order valence-corrected chi connectivity index (χ4v) is 5.14. The van der Waals surface area contributed by atoms with Crippen molar-refractivity contribution in [1.29, 1.82) is 0 Å². The van der Waals surface area contributed by atoms with Crippen LogP contribution in [0.4, 0.5) is 5.69 Å². The highest BCUT2D eigenvalue weighted by Gasteiger charge is 2.44. The molecule has 2 aromatic heterocycles. The molecule has 2 aromatic carbocycles. The minimum Gasteiger partial charge on any atom is -0.459 e. The van der Waals surface area contributed by atoms with Crippen LogP contribution in [0.3, 0.4) is 0 Å². The first-order chi connectivity index (χ1) is 16.5. The molecule has 3 heterocycles.